The second-order valence-electron chi connectivity index (χ2n) is 4.60. The molecule has 2 N–H and O–H groups in total. The van der Waals surface area contributed by atoms with Crippen LogP contribution in [-0.4, -0.2) is 39.7 Å². The zero-order valence-corrected chi connectivity index (χ0v) is 11.9. The van der Waals surface area contributed by atoms with Gasteiger partial charge in [-0.25, -0.2) is 18.1 Å². The number of hydrogen-bond acceptors (Lipinski definition) is 5. The monoisotopic (exact) mass is 285 g/mol. The fourth-order valence-electron chi connectivity index (χ4n) is 2.06. The van der Waals surface area contributed by atoms with E-state index in [1.807, 2.05) is 6.92 Å². The third kappa shape index (κ3) is 3.43. The second kappa shape index (κ2) is 5.85. The van der Waals surface area contributed by atoms with E-state index >= 15 is 0 Å². The maximum atomic E-state index is 12.2. The van der Waals surface area contributed by atoms with Gasteiger partial charge in [0.25, 0.3) is 0 Å². The largest absolute Gasteiger partial charge is 0.378 e. The quantitative estimate of drug-likeness (QED) is 0.837. The van der Waals surface area contributed by atoms with Gasteiger partial charge in [0.2, 0.25) is 10.0 Å². The van der Waals surface area contributed by atoms with Crippen molar-refractivity contribution in [2.45, 2.75) is 24.3 Å². The molecule has 1 aromatic heterocycles. The second-order valence-corrected chi connectivity index (χ2v) is 6.37. The van der Waals surface area contributed by atoms with Crippen molar-refractivity contribution in [2.24, 2.45) is 5.92 Å². The molecule has 7 heteroatoms. The Balaban J connectivity index is 2.05. The number of ether oxygens (including phenoxy) is 1. The Hall–Kier alpha value is -1.18. The summed E-state index contributed by atoms with van der Waals surface area (Å²) in [6.45, 7) is 3.07. The van der Waals surface area contributed by atoms with Crippen molar-refractivity contribution >= 4 is 15.8 Å². The minimum absolute atomic E-state index is 0.105. The number of sulfonamides is 1. The van der Waals surface area contributed by atoms with Crippen LogP contribution in [0.25, 0.3) is 0 Å². The van der Waals surface area contributed by atoms with Crippen LogP contribution >= 0.6 is 0 Å². The van der Waals surface area contributed by atoms with Gasteiger partial charge in [0.15, 0.2) is 0 Å². The Morgan fingerprint density at radius 3 is 2.95 bits per heavy atom. The molecule has 1 aliphatic rings. The lowest BCUT2D eigenvalue weighted by Gasteiger charge is -2.15. The summed E-state index contributed by atoms with van der Waals surface area (Å²) in [4.78, 5) is 4.22. The van der Waals surface area contributed by atoms with E-state index in [9.17, 15) is 8.42 Å². The summed E-state index contributed by atoms with van der Waals surface area (Å²) in [5.41, 5.74) is 0. The van der Waals surface area contributed by atoms with E-state index in [1.165, 1.54) is 18.3 Å². The third-order valence-electron chi connectivity index (χ3n) is 3.37. The average Bonchev–Trinajstić information content (AvgIpc) is 2.82. The van der Waals surface area contributed by atoms with Crippen LogP contribution in [0.5, 0.6) is 0 Å². The fourth-order valence-corrected chi connectivity index (χ4v) is 3.17. The molecule has 0 aromatic carbocycles. The van der Waals surface area contributed by atoms with Gasteiger partial charge in [0.05, 0.1) is 11.0 Å². The number of aromatic nitrogens is 1. The molecular weight excluding hydrogens is 266 g/mol. The van der Waals surface area contributed by atoms with Gasteiger partial charge in [-0.05, 0) is 19.4 Å². The van der Waals surface area contributed by atoms with Gasteiger partial charge in [-0.1, -0.05) is 0 Å². The summed E-state index contributed by atoms with van der Waals surface area (Å²) < 4.78 is 32.4. The van der Waals surface area contributed by atoms with E-state index in [4.69, 9.17) is 4.74 Å². The normalized spacial score (nSPS) is 23.5. The van der Waals surface area contributed by atoms with Crippen LogP contribution in [0.3, 0.4) is 0 Å². The van der Waals surface area contributed by atoms with Crippen LogP contribution in [0.15, 0.2) is 23.2 Å². The van der Waals surface area contributed by atoms with Crippen LogP contribution in [0.1, 0.15) is 13.3 Å². The Morgan fingerprint density at radius 1 is 1.53 bits per heavy atom. The fraction of sp³-hybridized carbons (Fsp3) is 0.583. The summed E-state index contributed by atoms with van der Waals surface area (Å²) in [7, 11) is -1.79. The number of anilines is 1. The number of pyridine rings is 1. The molecule has 1 saturated heterocycles. The molecule has 6 nitrogen and oxygen atoms in total. The van der Waals surface area contributed by atoms with E-state index in [1.54, 1.807) is 7.05 Å². The predicted octanol–water partition coefficient (Wildman–Crippen LogP) is 0.827. The van der Waals surface area contributed by atoms with Crippen molar-refractivity contribution in [3.8, 4) is 0 Å². The molecular formula is C12H19N3O3S. The van der Waals surface area contributed by atoms with Crippen LogP contribution in [-0.2, 0) is 14.8 Å². The highest BCUT2D eigenvalue weighted by Gasteiger charge is 2.26. The Labute approximate surface area is 113 Å². The minimum atomic E-state index is -3.49. The number of rotatable bonds is 5. The zero-order valence-electron chi connectivity index (χ0n) is 11.1. The van der Waals surface area contributed by atoms with E-state index in [2.05, 4.69) is 15.0 Å². The summed E-state index contributed by atoms with van der Waals surface area (Å²) in [5.74, 6) is 0.765. The van der Waals surface area contributed by atoms with Crippen LogP contribution in [0.2, 0.25) is 0 Å². The first-order valence-electron chi connectivity index (χ1n) is 6.28. The van der Waals surface area contributed by atoms with Crippen molar-refractivity contribution in [3.63, 3.8) is 0 Å². The lowest BCUT2D eigenvalue weighted by Crippen LogP contribution is -2.32. The molecule has 0 bridgehead atoms. The van der Waals surface area contributed by atoms with Gasteiger partial charge in [-0.3, -0.25) is 0 Å². The number of hydrogen-bond donors (Lipinski definition) is 2. The molecule has 1 aliphatic heterocycles. The molecule has 1 fully saturated rings. The van der Waals surface area contributed by atoms with Crippen LogP contribution in [0, 0.1) is 5.92 Å². The summed E-state index contributed by atoms with van der Waals surface area (Å²) in [6.07, 6.45) is 2.47. The predicted molar refractivity (Wildman–Crippen MR) is 72.5 cm³/mol. The standard InChI is InChI=1S/C12H19N3O3S/c1-9-10(4-6-18-9)8-15-19(16,17)11-3-5-14-12(7-11)13-2/h3,5,7,9-10,15H,4,6,8H2,1-2H3,(H,13,14). The van der Waals surface area contributed by atoms with Gasteiger partial charge in [0, 0.05) is 38.4 Å². The topological polar surface area (TPSA) is 80.3 Å². The lowest BCUT2D eigenvalue weighted by atomic mass is 10.0. The maximum Gasteiger partial charge on any atom is 0.240 e. The molecule has 19 heavy (non-hydrogen) atoms. The highest BCUT2D eigenvalue weighted by molar-refractivity contribution is 7.89. The minimum Gasteiger partial charge on any atom is -0.378 e. The molecule has 2 unspecified atom stereocenters. The lowest BCUT2D eigenvalue weighted by molar-refractivity contribution is 0.107. The highest BCUT2D eigenvalue weighted by atomic mass is 32.2. The molecule has 2 atom stereocenters. The molecule has 0 radical (unpaired) electrons. The Morgan fingerprint density at radius 2 is 2.32 bits per heavy atom. The first-order chi connectivity index (χ1) is 9.03. The van der Waals surface area contributed by atoms with Gasteiger partial charge in [0.1, 0.15) is 5.82 Å². The molecule has 2 rings (SSSR count). The summed E-state index contributed by atoms with van der Waals surface area (Å²) >= 11 is 0. The summed E-state index contributed by atoms with van der Waals surface area (Å²) in [6, 6.07) is 2.99. The first kappa shape index (κ1) is 14.2. The average molecular weight is 285 g/mol. The molecule has 0 aliphatic carbocycles. The van der Waals surface area contributed by atoms with E-state index in [0.717, 1.165) is 6.42 Å². The van der Waals surface area contributed by atoms with Crippen molar-refractivity contribution < 1.29 is 13.2 Å². The van der Waals surface area contributed by atoms with Crippen molar-refractivity contribution in [3.05, 3.63) is 18.3 Å². The Kier molecular flexibility index (Phi) is 4.38. The van der Waals surface area contributed by atoms with E-state index in [-0.39, 0.29) is 16.9 Å². The van der Waals surface area contributed by atoms with Gasteiger partial charge >= 0.3 is 0 Å². The Bertz CT molecular complexity index is 533. The SMILES string of the molecule is CNc1cc(S(=O)(=O)NCC2CCOC2C)ccn1. The molecule has 1 aromatic rings. The van der Waals surface area contributed by atoms with Crippen molar-refractivity contribution in [1.29, 1.82) is 0 Å². The number of nitrogens with one attached hydrogen (secondary N) is 2. The van der Waals surface area contributed by atoms with Crippen molar-refractivity contribution in [2.75, 3.05) is 25.5 Å². The highest BCUT2D eigenvalue weighted by Crippen LogP contribution is 2.20. The third-order valence-corrected chi connectivity index (χ3v) is 4.79. The first-order valence-corrected chi connectivity index (χ1v) is 7.76. The van der Waals surface area contributed by atoms with E-state index in [0.29, 0.717) is 19.0 Å². The maximum absolute atomic E-state index is 12.2. The molecule has 0 saturated carbocycles. The van der Waals surface area contributed by atoms with E-state index < -0.39 is 10.0 Å². The summed E-state index contributed by atoms with van der Waals surface area (Å²) in [5, 5.41) is 2.82. The number of nitrogens with zero attached hydrogens (tertiary/aromatic N) is 1. The molecule has 2 heterocycles. The molecule has 0 spiro atoms. The molecule has 0 amide bonds. The molecule has 106 valence electrons. The van der Waals surface area contributed by atoms with Crippen LogP contribution in [0.4, 0.5) is 5.82 Å². The van der Waals surface area contributed by atoms with Gasteiger partial charge in [-0.15, -0.1) is 0 Å². The van der Waals surface area contributed by atoms with Crippen molar-refractivity contribution in [1.82, 2.24) is 9.71 Å². The van der Waals surface area contributed by atoms with Gasteiger partial charge in [-0.2, -0.15) is 0 Å². The van der Waals surface area contributed by atoms with Crippen LogP contribution < -0.4 is 10.0 Å². The zero-order chi connectivity index (χ0) is 13.9. The van der Waals surface area contributed by atoms with Gasteiger partial charge < -0.3 is 10.1 Å². The smallest absolute Gasteiger partial charge is 0.240 e.